The Bertz CT molecular complexity index is 662. The van der Waals surface area contributed by atoms with Crippen LogP contribution in [0.2, 0.25) is 0 Å². The van der Waals surface area contributed by atoms with Crippen molar-refractivity contribution in [3.05, 3.63) is 64.5 Å². The summed E-state index contributed by atoms with van der Waals surface area (Å²) in [6.07, 6.45) is 3.86. The van der Waals surface area contributed by atoms with Gasteiger partial charge in [-0.05, 0) is 45.7 Å². The zero-order valence-electron chi connectivity index (χ0n) is 9.10. The molecule has 0 unspecified atom stereocenters. The number of hydrogen-bond acceptors (Lipinski definition) is 1. The highest BCUT2D eigenvalue weighted by atomic mass is 127. The molecule has 0 amide bonds. The van der Waals surface area contributed by atoms with E-state index in [2.05, 4.69) is 70.0 Å². The number of rotatable bonds is 1. The summed E-state index contributed by atoms with van der Waals surface area (Å²) < 4.78 is 1.24. The Hall–Kier alpha value is -1.42. The molecule has 0 spiro atoms. The highest BCUT2D eigenvalue weighted by Crippen LogP contribution is 2.28. The Morgan fingerprint density at radius 3 is 2.53 bits per heavy atom. The molecule has 0 aliphatic rings. The first-order valence-corrected chi connectivity index (χ1v) is 6.51. The molecule has 0 aliphatic heterocycles. The van der Waals surface area contributed by atoms with Crippen molar-refractivity contribution in [2.24, 2.45) is 0 Å². The molecule has 1 nitrogen and oxygen atoms in total. The molecule has 0 atom stereocenters. The summed E-state index contributed by atoms with van der Waals surface area (Å²) in [5.41, 5.74) is 2.41. The van der Waals surface area contributed by atoms with Gasteiger partial charge < -0.3 is 0 Å². The third-order valence-electron chi connectivity index (χ3n) is 2.81. The lowest BCUT2D eigenvalue weighted by molar-refractivity contribution is 1.36. The highest BCUT2D eigenvalue weighted by Gasteiger charge is 2.03. The predicted octanol–water partition coefficient (Wildman–Crippen LogP) is 4.51. The fourth-order valence-corrected chi connectivity index (χ4v) is 2.51. The third-order valence-corrected chi connectivity index (χ3v) is 3.48. The zero-order valence-corrected chi connectivity index (χ0v) is 11.3. The van der Waals surface area contributed by atoms with Crippen molar-refractivity contribution in [2.45, 2.75) is 0 Å². The van der Waals surface area contributed by atoms with Crippen LogP contribution in [0.4, 0.5) is 0 Å². The van der Waals surface area contributed by atoms with Crippen molar-refractivity contribution >= 4 is 33.4 Å². The van der Waals surface area contributed by atoms with E-state index in [1.165, 1.54) is 25.5 Å². The van der Waals surface area contributed by atoms with Gasteiger partial charge in [0.25, 0.3) is 0 Å². The maximum absolute atomic E-state index is 4.33. The van der Waals surface area contributed by atoms with Crippen LogP contribution in [0, 0.1) is 3.57 Å². The van der Waals surface area contributed by atoms with Gasteiger partial charge in [-0.25, -0.2) is 0 Å². The molecule has 0 N–H and O–H groups in total. The van der Waals surface area contributed by atoms with Gasteiger partial charge in [0.05, 0.1) is 0 Å². The Balaban J connectivity index is 2.31. The minimum atomic E-state index is 1.19. The smallest absolute Gasteiger partial charge is 0.0352 e. The Morgan fingerprint density at radius 2 is 1.71 bits per heavy atom. The largest absolute Gasteiger partial charge is 0.263 e. The fourth-order valence-electron chi connectivity index (χ4n) is 2.00. The summed E-state index contributed by atoms with van der Waals surface area (Å²) in [5, 5.41) is 2.45. The normalized spacial score (nSPS) is 10.6. The van der Waals surface area contributed by atoms with Gasteiger partial charge in [-0.15, -0.1) is 0 Å². The van der Waals surface area contributed by atoms with E-state index in [0.29, 0.717) is 0 Å². The molecule has 2 aromatic carbocycles. The molecule has 1 aromatic heterocycles. The van der Waals surface area contributed by atoms with E-state index >= 15 is 0 Å². The predicted molar refractivity (Wildman–Crippen MR) is 79.9 cm³/mol. The molecule has 1 heterocycles. The number of fused-ring (bicyclic) bond motifs is 1. The van der Waals surface area contributed by atoms with Crippen molar-refractivity contribution < 1.29 is 0 Å². The molecule has 3 aromatic rings. The van der Waals surface area contributed by atoms with Gasteiger partial charge in [0.2, 0.25) is 0 Å². The van der Waals surface area contributed by atoms with Gasteiger partial charge >= 0.3 is 0 Å². The minimum Gasteiger partial charge on any atom is -0.263 e. The molecule has 2 heteroatoms. The van der Waals surface area contributed by atoms with E-state index in [-0.39, 0.29) is 0 Å². The van der Waals surface area contributed by atoms with Crippen LogP contribution in [0.15, 0.2) is 60.9 Å². The van der Waals surface area contributed by atoms with Crippen LogP contribution in [0.1, 0.15) is 0 Å². The average molecular weight is 331 g/mol. The summed E-state index contributed by atoms with van der Waals surface area (Å²) >= 11 is 2.33. The molecule has 0 radical (unpaired) electrons. The first kappa shape index (κ1) is 10.7. The molecule has 0 saturated carbocycles. The van der Waals surface area contributed by atoms with Gasteiger partial charge in [-0.2, -0.15) is 0 Å². The molecule has 82 valence electrons. The van der Waals surface area contributed by atoms with Crippen LogP contribution in [-0.4, -0.2) is 4.98 Å². The lowest BCUT2D eigenvalue weighted by Crippen LogP contribution is -1.84. The van der Waals surface area contributed by atoms with Gasteiger partial charge in [-0.1, -0.05) is 36.4 Å². The van der Waals surface area contributed by atoms with E-state index in [1.54, 1.807) is 0 Å². The molecular weight excluding hydrogens is 321 g/mol. The summed E-state index contributed by atoms with van der Waals surface area (Å²) in [4.78, 5) is 4.33. The fraction of sp³-hybridized carbons (Fsp3) is 0. The van der Waals surface area contributed by atoms with E-state index in [9.17, 15) is 0 Å². The first-order valence-electron chi connectivity index (χ1n) is 5.43. The number of hydrogen-bond donors (Lipinski definition) is 0. The van der Waals surface area contributed by atoms with Crippen LogP contribution in [0.3, 0.4) is 0 Å². The van der Waals surface area contributed by atoms with E-state index in [0.717, 1.165) is 0 Å². The zero-order chi connectivity index (χ0) is 11.7. The molecule has 0 fully saturated rings. The Labute approximate surface area is 114 Å². The average Bonchev–Trinajstić information content (AvgIpc) is 2.39. The number of pyridine rings is 1. The molecular formula is C15H10IN. The topological polar surface area (TPSA) is 12.9 Å². The van der Waals surface area contributed by atoms with Crippen molar-refractivity contribution in [2.75, 3.05) is 0 Å². The summed E-state index contributed by atoms with van der Waals surface area (Å²) in [5.74, 6) is 0. The quantitative estimate of drug-likeness (QED) is 0.598. The van der Waals surface area contributed by atoms with Crippen molar-refractivity contribution in [3.63, 3.8) is 0 Å². The van der Waals surface area contributed by atoms with Gasteiger partial charge in [0.15, 0.2) is 0 Å². The highest BCUT2D eigenvalue weighted by molar-refractivity contribution is 14.1. The Kier molecular flexibility index (Phi) is 2.81. The molecule has 0 saturated heterocycles. The molecule has 0 aliphatic carbocycles. The SMILES string of the molecule is Ic1ccc2c(-c3ccccc3)cncc2c1. The second-order valence-electron chi connectivity index (χ2n) is 3.92. The van der Waals surface area contributed by atoms with Crippen LogP contribution < -0.4 is 0 Å². The first-order chi connectivity index (χ1) is 8.34. The van der Waals surface area contributed by atoms with E-state index in [4.69, 9.17) is 0 Å². The van der Waals surface area contributed by atoms with Crippen molar-refractivity contribution in [3.8, 4) is 11.1 Å². The number of nitrogens with zero attached hydrogens (tertiary/aromatic N) is 1. The summed E-state index contributed by atoms with van der Waals surface area (Å²) in [6, 6.07) is 16.8. The minimum absolute atomic E-state index is 1.19. The summed E-state index contributed by atoms with van der Waals surface area (Å²) in [6.45, 7) is 0. The van der Waals surface area contributed by atoms with Gasteiger partial charge in [-0.3, -0.25) is 4.98 Å². The summed E-state index contributed by atoms with van der Waals surface area (Å²) in [7, 11) is 0. The lowest BCUT2D eigenvalue weighted by atomic mass is 10.0. The third kappa shape index (κ3) is 2.05. The van der Waals surface area contributed by atoms with Crippen LogP contribution in [-0.2, 0) is 0 Å². The maximum Gasteiger partial charge on any atom is 0.0352 e. The van der Waals surface area contributed by atoms with Gasteiger partial charge in [0.1, 0.15) is 0 Å². The molecule has 0 bridgehead atoms. The van der Waals surface area contributed by atoms with Crippen molar-refractivity contribution in [1.82, 2.24) is 4.98 Å². The standard InChI is InChI=1S/C15H10IN/c16-13-6-7-14-12(8-13)9-17-10-15(14)11-4-2-1-3-5-11/h1-10H. The monoisotopic (exact) mass is 331 g/mol. The molecule has 17 heavy (non-hydrogen) atoms. The van der Waals surface area contributed by atoms with E-state index in [1.807, 2.05) is 18.5 Å². The molecule has 3 rings (SSSR count). The van der Waals surface area contributed by atoms with Gasteiger partial charge in [0, 0.05) is 26.9 Å². The van der Waals surface area contributed by atoms with Crippen LogP contribution in [0.25, 0.3) is 21.9 Å². The Morgan fingerprint density at radius 1 is 0.882 bits per heavy atom. The van der Waals surface area contributed by atoms with Crippen molar-refractivity contribution in [1.29, 1.82) is 0 Å². The maximum atomic E-state index is 4.33. The number of benzene rings is 2. The number of aromatic nitrogens is 1. The van der Waals surface area contributed by atoms with Crippen LogP contribution >= 0.6 is 22.6 Å². The van der Waals surface area contributed by atoms with Crippen LogP contribution in [0.5, 0.6) is 0 Å². The second-order valence-corrected chi connectivity index (χ2v) is 5.16. The van der Waals surface area contributed by atoms with E-state index < -0.39 is 0 Å². The lowest BCUT2D eigenvalue weighted by Gasteiger charge is -2.06. The second kappa shape index (κ2) is 4.45. The number of halogens is 1.